The summed E-state index contributed by atoms with van der Waals surface area (Å²) in [6.07, 6.45) is 2.02. The van der Waals surface area contributed by atoms with Crippen LogP contribution >= 0.6 is 11.8 Å². The van der Waals surface area contributed by atoms with Gasteiger partial charge in [0.25, 0.3) is 0 Å². The van der Waals surface area contributed by atoms with Gasteiger partial charge in [0.1, 0.15) is 22.6 Å². The molecule has 0 aromatic heterocycles. The number of carbonyl (C=O) groups is 2. The van der Waals surface area contributed by atoms with Crippen molar-refractivity contribution >= 4 is 23.6 Å². The number of fused-ring (bicyclic) bond motifs is 1. The number of hydrogen-bond acceptors (Lipinski definition) is 5. The number of nitrogens with two attached hydrogens (primary N) is 1. The first kappa shape index (κ1) is 16.9. The van der Waals surface area contributed by atoms with Crippen molar-refractivity contribution in [3.63, 3.8) is 0 Å². The van der Waals surface area contributed by atoms with E-state index in [1.807, 2.05) is 24.3 Å². The minimum absolute atomic E-state index is 0.122. The summed E-state index contributed by atoms with van der Waals surface area (Å²) in [5.41, 5.74) is 5.70. The van der Waals surface area contributed by atoms with Crippen LogP contribution in [0.25, 0.3) is 0 Å². The molecule has 0 radical (unpaired) electrons. The van der Waals surface area contributed by atoms with Crippen molar-refractivity contribution in [2.45, 2.75) is 23.1 Å². The molecule has 2 heterocycles. The van der Waals surface area contributed by atoms with Crippen molar-refractivity contribution in [3.05, 3.63) is 42.5 Å². The van der Waals surface area contributed by atoms with E-state index in [1.54, 1.807) is 12.0 Å². The Morgan fingerprint density at radius 1 is 1.54 bits per heavy atom. The van der Waals surface area contributed by atoms with Gasteiger partial charge in [-0.25, -0.2) is 0 Å². The molecule has 6 nitrogen and oxygen atoms in total. The largest absolute Gasteiger partial charge is 0.497 e. The summed E-state index contributed by atoms with van der Waals surface area (Å²) < 4.78 is 5.15. The quantitative estimate of drug-likeness (QED) is 0.612. The molecule has 24 heavy (non-hydrogen) atoms. The number of amides is 1. The lowest BCUT2D eigenvalue weighted by molar-refractivity contribution is -0.155. The molecule has 2 aliphatic rings. The number of aliphatic carboxylic acids is 1. The molecule has 2 fully saturated rings. The van der Waals surface area contributed by atoms with E-state index in [0.717, 1.165) is 11.3 Å². The molecule has 7 heteroatoms. The van der Waals surface area contributed by atoms with Crippen LogP contribution in [0.2, 0.25) is 0 Å². The number of benzene rings is 1. The van der Waals surface area contributed by atoms with Crippen LogP contribution in [-0.4, -0.2) is 52.2 Å². The van der Waals surface area contributed by atoms with Crippen LogP contribution in [0, 0.1) is 5.41 Å². The molecular formula is C17H20N2O4S. The highest BCUT2D eigenvalue weighted by atomic mass is 32.2. The fourth-order valence-corrected chi connectivity index (χ4v) is 5.00. The fourth-order valence-electron chi connectivity index (χ4n) is 3.24. The van der Waals surface area contributed by atoms with E-state index < -0.39 is 17.4 Å². The van der Waals surface area contributed by atoms with Crippen LogP contribution in [0.1, 0.15) is 5.56 Å². The van der Waals surface area contributed by atoms with Gasteiger partial charge >= 0.3 is 5.97 Å². The van der Waals surface area contributed by atoms with Gasteiger partial charge in [-0.15, -0.1) is 18.3 Å². The van der Waals surface area contributed by atoms with E-state index >= 15 is 0 Å². The molecule has 0 spiro atoms. The lowest BCUT2D eigenvalue weighted by Crippen LogP contribution is -2.73. The summed E-state index contributed by atoms with van der Waals surface area (Å²) in [6, 6.07) is 7.00. The maximum atomic E-state index is 12.0. The highest BCUT2D eigenvalue weighted by molar-refractivity contribution is 8.00. The molecule has 2 saturated heterocycles. The van der Waals surface area contributed by atoms with Crippen LogP contribution in [0.4, 0.5) is 0 Å². The number of hydrogen-bond donors (Lipinski definition) is 2. The van der Waals surface area contributed by atoms with E-state index in [1.165, 1.54) is 17.8 Å². The van der Waals surface area contributed by atoms with Crippen LogP contribution in [0.5, 0.6) is 5.75 Å². The van der Waals surface area contributed by atoms with E-state index in [2.05, 4.69) is 6.58 Å². The summed E-state index contributed by atoms with van der Waals surface area (Å²) >= 11 is 1.45. The van der Waals surface area contributed by atoms with E-state index in [9.17, 15) is 14.7 Å². The first-order valence-electron chi connectivity index (χ1n) is 7.64. The number of carbonyl (C=O) groups excluding carboxylic acids is 1. The highest BCUT2D eigenvalue weighted by Gasteiger charge is 2.59. The SMILES string of the molecule is C=CC1(C(=O)O)CN2C(=O)C(N)[C@H]2SC1Cc1ccc(OC)cc1. The monoisotopic (exact) mass is 348 g/mol. The lowest BCUT2D eigenvalue weighted by Gasteiger charge is -2.55. The number of carboxylic acid groups (broad SMARTS) is 1. The zero-order chi connectivity index (χ0) is 17.5. The molecule has 1 aromatic carbocycles. The van der Waals surface area contributed by atoms with Crippen LogP contribution < -0.4 is 10.5 Å². The normalized spacial score (nSPS) is 31.8. The summed E-state index contributed by atoms with van der Waals surface area (Å²) in [6.45, 7) is 3.86. The van der Waals surface area contributed by atoms with Gasteiger partial charge in [0.2, 0.25) is 5.91 Å². The molecule has 128 valence electrons. The van der Waals surface area contributed by atoms with Gasteiger partial charge in [0.15, 0.2) is 0 Å². The number of thioether (sulfide) groups is 1. The second-order valence-corrected chi connectivity index (χ2v) is 7.43. The van der Waals surface area contributed by atoms with Crippen molar-refractivity contribution in [1.29, 1.82) is 0 Å². The Morgan fingerprint density at radius 3 is 2.75 bits per heavy atom. The second-order valence-electron chi connectivity index (χ2n) is 6.11. The Labute approximate surface area is 144 Å². The van der Waals surface area contributed by atoms with Gasteiger partial charge in [-0.3, -0.25) is 9.59 Å². The predicted molar refractivity (Wildman–Crippen MR) is 91.8 cm³/mol. The topological polar surface area (TPSA) is 92.9 Å². The van der Waals surface area contributed by atoms with Gasteiger partial charge in [0, 0.05) is 11.8 Å². The zero-order valence-electron chi connectivity index (χ0n) is 13.3. The van der Waals surface area contributed by atoms with Crippen molar-refractivity contribution in [3.8, 4) is 5.75 Å². The number of rotatable bonds is 5. The van der Waals surface area contributed by atoms with Gasteiger partial charge in [-0.2, -0.15) is 0 Å². The highest BCUT2D eigenvalue weighted by Crippen LogP contribution is 2.48. The fraction of sp³-hybridized carbons (Fsp3) is 0.412. The molecule has 1 aromatic rings. The molecule has 0 saturated carbocycles. The van der Waals surface area contributed by atoms with Crippen LogP contribution in [-0.2, 0) is 16.0 Å². The van der Waals surface area contributed by atoms with Crippen molar-refractivity contribution in [2.24, 2.45) is 11.1 Å². The van der Waals surface area contributed by atoms with E-state index in [4.69, 9.17) is 10.5 Å². The number of methoxy groups -OCH3 is 1. The maximum Gasteiger partial charge on any atom is 0.316 e. The standard InChI is InChI=1S/C17H20N2O4S/c1-3-17(16(21)22)9-19-14(20)13(18)15(19)24-12(17)8-10-4-6-11(23-2)7-5-10/h3-7,12-13,15H,1,8-9,18H2,2H3,(H,21,22)/t12?,13?,15-,17?/m1/s1. The third-order valence-electron chi connectivity index (χ3n) is 4.84. The molecule has 3 rings (SSSR count). The minimum Gasteiger partial charge on any atom is -0.497 e. The van der Waals surface area contributed by atoms with Crippen molar-refractivity contribution < 1.29 is 19.4 Å². The summed E-state index contributed by atoms with van der Waals surface area (Å²) in [5.74, 6) is -0.404. The number of carboxylic acids is 1. The molecule has 2 aliphatic heterocycles. The van der Waals surface area contributed by atoms with Crippen LogP contribution in [0.3, 0.4) is 0 Å². The molecule has 0 aliphatic carbocycles. The molecule has 3 N–H and O–H groups in total. The van der Waals surface area contributed by atoms with Gasteiger partial charge in [-0.1, -0.05) is 18.2 Å². The molecule has 0 bridgehead atoms. The molecule has 3 unspecified atom stereocenters. The smallest absolute Gasteiger partial charge is 0.316 e. The van der Waals surface area contributed by atoms with Gasteiger partial charge < -0.3 is 20.5 Å². The Bertz CT molecular complexity index is 678. The zero-order valence-corrected chi connectivity index (χ0v) is 14.2. The van der Waals surface area contributed by atoms with Crippen molar-refractivity contribution in [2.75, 3.05) is 13.7 Å². The number of nitrogens with zero attached hydrogens (tertiary/aromatic N) is 1. The van der Waals surface area contributed by atoms with Crippen LogP contribution in [0.15, 0.2) is 36.9 Å². The average Bonchev–Trinajstić information content (AvgIpc) is 2.61. The van der Waals surface area contributed by atoms with Gasteiger partial charge in [-0.05, 0) is 24.1 Å². The van der Waals surface area contributed by atoms with E-state index in [0.29, 0.717) is 6.42 Å². The summed E-state index contributed by atoms with van der Waals surface area (Å²) in [4.78, 5) is 25.5. The molecule has 1 amide bonds. The predicted octanol–water partition coefficient (Wildman–Crippen LogP) is 1.11. The summed E-state index contributed by atoms with van der Waals surface area (Å²) in [7, 11) is 1.60. The minimum atomic E-state index is -1.18. The Kier molecular flexibility index (Phi) is 4.31. The molecular weight excluding hydrogens is 328 g/mol. The number of ether oxygens (including phenoxy) is 1. The molecule has 4 atom stereocenters. The second kappa shape index (κ2) is 6.14. The van der Waals surface area contributed by atoms with Crippen molar-refractivity contribution in [1.82, 2.24) is 4.90 Å². The first-order valence-corrected chi connectivity index (χ1v) is 8.58. The first-order chi connectivity index (χ1) is 11.4. The Hall–Kier alpha value is -1.99. The Balaban J connectivity index is 1.88. The Morgan fingerprint density at radius 2 is 2.21 bits per heavy atom. The lowest BCUT2D eigenvalue weighted by atomic mass is 9.79. The summed E-state index contributed by atoms with van der Waals surface area (Å²) in [5, 5.41) is 9.42. The van der Waals surface area contributed by atoms with E-state index in [-0.39, 0.29) is 23.1 Å². The van der Waals surface area contributed by atoms with Gasteiger partial charge in [0.05, 0.1) is 7.11 Å². The average molecular weight is 348 g/mol. The number of β-lactam (4-membered cyclic amide) rings is 1. The third-order valence-corrected chi connectivity index (χ3v) is 6.58. The maximum absolute atomic E-state index is 12.0. The third kappa shape index (κ3) is 2.48.